The standard InChI is InChI=1S/C13H23N3O/c1-14-13(11-17)6-10-16(2)9-5-12-3-7-15-8-4-12/h3-4,7-8,13-14,17H,5-6,9-11H2,1-2H3. The normalized spacial score (nSPS) is 12.9. The van der Waals surface area contributed by atoms with Gasteiger partial charge in [0.1, 0.15) is 0 Å². The number of hydrogen-bond acceptors (Lipinski definition) is 4. The maximum Gasteiger partial charge on any atom is 0.0585 e. The van der Waals surface area contributed by atoms with Crippen LogP contribution in [-0.4, -0.2) is 54.8 Å². The third-order valence-corrected chi connectivity index (χ3v) is 3.02. The summed E-state index contributed by atoms with van der Waals surface area (Å²) in [6.45, 7) is 2.23. The number of aromatic nitrogens is 1. The number of pyridine rings is 1. The van der Waals surface area contributed by atoms with Crippen molar-refractivity contribution in [3.63, 3.8) is 0 Å². The van der Waals surface area contributed by atoms with Crippen molar-refractivity contribution in [2.75, 3.05) is 33.8 Å². The predicted molar refractivity (Wildman–Crippen MR) is 70.0 cm³/mol. The molecule has 0 aliphatic carbocycles. The first-order valence-corrected chi connectivity index (χ1v) is 6.12. The summed E-state index contributed by atoms with van der Waals surface area (Å²) in [5, 5.41) is 12.2. The Morgan fingerprint density at radius 1 is 1.35 bits per heavy atom. The van der Waals surface area contributed by atoms with E-state index in [-0.39, 0.29) is 12.6 Å². The fourth-order valence-electron chi connectivity index (χ4n) is 1.68. The van der Waals surface area contributed by atoms with Gasteiger partial charge < -0.3 is 15.3 Å². The number of likely N-dealkylation sites (N-methyl/N-ethyl adjacent to an activating group) is 2. The molecule has 0 saturated heterocycles. The van der Waals surface area contributed by atoms with Gasteiger partial charge in [0, 0.05) is 25.0 Å². The van der Waals surface area contributed by atoms with Crippen LogP contribution in [0.1, 0.15) is 12.0 Å². The summed E-state index contributed by atoms with van der Waals surface area (Å²) in [4.78, 5) is 6.30. The molecular weight excluding hydrogens is 214 g/mol. The lowest BCUT2D eigenvalue weighted by Crippen LogP contribution is -2.34. The summed E-state index contributed by atoms with van der Waals surface area (Å²) in [5.74, 6) is 0. The second-order valence-corrected chi connectivity index (χ2v) is 4.37. The summed E-state index contributed by atoms with van der Waals surface area (Å²) in [6, 6.07) is 4.31. The lowest BCUT2D eigenvalue weighted by Gasteiger charge is -2.20. The maximum atomic E-state index is 9.06. The van der Waals surface area contributed by atoms with Gasteiger partial charge in [-0.1, -0.05) is 0 Å². The highest BCUT2D eigenvalue weighted by atomic mass is 16.3. The molecule has 4 nitrogen and oxygen atoms in total. The number of aliphatic hydroxyl groups is 1. The third kappa shape index (κ3) is 5.77. The molecule has 0 bridgehead atoms. The highest BCUT2D eigenvalue weighted by Crippen LogP contribution is 2.00. The minimum absolute atomic E-state index is 0.203. The summed E-state index contributed by atoms with van der Waals surface area (Å²) in [6.07, 6.45) is 5.68. The van der Waals surface area contributed by atoms with Crippen molar-refractivity contribution in [1.29, 1.82) is 0 Å². The largest absolute Gasteiger partial charge is 0.395 e. The Morgan fingerprint density at radius 2 is 2.06 bits per heavy atom. The zero-order valence-corrected chi connectivity index (χ0v) is 10.8. The van der Waals surface area contributed by atoms with Gasteiger partial charge in [-0.05, 0) is 51.2 Å². The van der Waals surface area contributed by atoms with Crippen LogP contribution in [0.25, 0.3) is 0 Å². The SMILES string of the molecule is CNC(CO)CCN(C)CCc1ccncc1. The van der Waals surface area contributed by atoms with Gasteiger partial charge in [0.05, 0.1) is 6.61 Å². The van der Waals surface area contributed by atoms with E-state index in [1.807, 2.05) is 19.4 Å². The van der Waals surface area contributed by atoms with E-state index >= 15 is 0 Å². The van der Waals surface area contributed by atoms with Gasteiger partial charge in [-0.15, -0.1) is 0 Å². The molecule has 1 rings (SSSR count). The average Bonchev–Trinajstić information content (AvgIpc) is 2.39. The van der Waals surface area contributed by atoms with E-state index in [0.29, 0.717) is 0 Å². The molecular formula is C13H23N3O. The molecule has 1 unspecified atom stereocenters. The van der Waals surface area contributed by atoms with E-state index in [9.17, 15) is 0 Å². The smallest absolute Gasteiger partial charge is 0.0585 e. The van der Waals surface area contributed by atoms with Crippen LogP contribution in [0.5, 0.6) is 0 Å². The molecule has 0 fully saturated rings. The Bertz CT molecular complexity index is 288. The molecule has 1 heterocycles. The van der Waals surface area contributed by atoms with Crippen LogP contribution in [0.15, 0.2) is 24.5 Å². The van der Waals surface area contributed by atoms with Crippen LogP contribution in [0, 0.1) is 0 Å². The van der Waals surface area contributed by atoms with Crippen LogP contribution >= 0.6 is 0 Å². The Balaban J connectivity index is 2.19. The van der Waals surface area contributed by atoms with Crippen molar-refractivity contribution in [1.82, 2.24) is 15.2 Å². The van der Waals surface area contributed by atoms with Crippen LogP contribution in [0.3, 0.4) is 0 Å². The Kier molecular flexibility index (Phi) is 6.77. The monoisotopic (exact) mass is 237 g/mol. The van der Waals surface area contributed by atoms with Gasteiger partial charge in [-0.2, -0.15) is 0 Å². The molecule has 0 aromatic carbocycles. The zero-order valence-electron chi connectivity index (χ0n) is 10.8. The molecule has 0 saturated carbocycles. The molecule has 17 heavy (non-hydrogen) atoms. The van der Waals surface area contributed by atoms with Crippen molar-refractivity contribution >= 4 is 0 Å². The minimum atomic E-state index is 0.203. The first kappa shape index (κ1) is 14.1. The molecule has 1 aromatic heterocycles. The Hall–Kier alpha value is -0.970. The number of rotatable bonds is 8. The zero-order chi connectivity index (χ0) is 12.5. The van der Waals surface area contributed by atoms with Gasteiger partial charge in [0.25, 0.3) is 0 Å². The average molecular weight is 237 g/mol. The van der Waals surface area contributed by atoms with E-state index in [2.05, 4.69) is 34.4 Å². The summed E-state index contributed by atoms with van der Waals surface area (Å²) in [7, 11) is 4.00. The molecule has 0 radical (unpaired) electrons. The van der Waals surface area contributed by atoms with Crippen LogP contribution < -0.4 is 5.32 Å². The second kappa shape index (κ2) is 8.17. The van der Waals surface area contributed by atoms with E-state index in [4.69, 9.17) is 5.11 Å². The quantitative estimate of drug-likeness (QED) is 0.692. The Morgan fingerprint density at radius 3 is 2.65 bits per heavy atom. The van der Waals surface area contributed by atoms with Crippen molar-refractivity contribution in [2.24, 2.45) is 0 Å². The molecule has 1 atom stereocenters. The fraction of sp³-hybridized carbons (Fsp3) is 0.615. The first-order chi connectivity index (χ1) is 8.26. The third-order valence-electron chi connectivity index (χ3n) is 3.02. The molecule has 0 spiro atoms. The number of aliphatic hydroxyl groups excluding tert-OH is 1. The number of nitrogens with zero attached hydrogens (tertiary/aromatic N) is 2. The van der Waals surface area contributed by atoms with Crippen molar-refractivity contribution < 1.29 is 5.11 Å². The minimum Gasteiger partial charge on any atom is -0.395 e. The molecule has 96 valence electrons. The van der Waals surface area contributed by atoms with E-state index in [1.165, 1.54) is 5.56 Å². The van der Waals surface area contributed by atoms with Gasteiger partial charge in [0.15, 0.2) is 0 Å². The van der Waals surface area contributed by atoms with Crippen molar-refractivity contribution in [3.8, 4) is 0 Å². The van der Waals surface area contributed by atoms with E-state index in [0.717, 1.165) is 25.9 Å². The van der Waals surface area contributed by atoms with Gasteiger partial charge in [0.2, 0.25) is 0 Å². The highest BCUT2D eigenvalue weighted by molar-refractivity contribution is 5.09. The first-order valence-electron chi connectivity index (χ1n) is 6.12. The molecule has 0 aliphatic rings. The summed E-state index contributed by atoms with van der Waals surface area (Å²) in [5.41, 5.74) is 1.32. The lowest BCUT2D eigenvalue weighted by molar-refractivity contribution is 0.224. The van der Waals surface area contributed by atoms with Crippen molar-refractivity contribution in [2.45, 2.75) is 18.9 Å². The van der Waals surface area contributed by atoms with Gasteiger partial charge in [-0.3, -0.25) is 4.98 Å². The predicted octanol–water partition coefficient (Wildman–Crippen LogP) is 0.526. The fourth-order valence-corrected chi connectivity index (χ4v) is 1.68. The molecule has 1 aromatic rings. The summed E-state index contributed by atoms with van der Waals surface area (Å²) < 4.78 is 0. The van der Waals surface area contributed by atoms with E-state index < -0.39 is 0 Å². The topological polar surface area (TPSA) is 48.4 Å². The summed E-state index contributed by atoms with van der Waals surface area (Å²) >= 11 is 0. The number of hydrogen-bond donors (Lipinski definition) is 2. The Labute approximate surface area is 104 Å². The second-order valence-electron chi connectivity index (χ2n) is 4.37. The lowest BCUT2D eigenvalue weighted by atomic mass is 10.2. The van der Waals surface area contributed by atoms with Crippen LogP contribution in [-0.2, 0) is 6.42 Å². The molecule has 0 amide bonds. The highest BCUT2D eigenvalue weighted by Gasteiger charge is 2.06. The molecule has 0 aliphatic heterocycles. The van der Waals surface area contributed by atoms with Crippen molar-refractivity contribution in [3.05, 3.63) is 30.1 Å². The van der Waals surface area contributed by atoms with E-state index in [1.54, 1.807) is 0 Å². The van der Waals surface area contributed by atoms with Gasteiger partial charge >= 0.3 is 0 Å². The maximum absolute atomic E-state index is 9.06. The molecule has 4 heteroatoms. The number of nitrogens with one attached hydrogen (secondary N) is 1. The van der Waals surface area contributed by atoms with Crippen LogP contribution in [0.2, 0.25) is 0 Å². The molecule has 2 N–H and O–H groups in total. The van der Waals surface area contributed by atoms with Crippen LogP contribution in [0.4, 0.5) is 0 Å². The van der Waals surface area contributed by atoms with Gasteiger partial charge in [-0.25, -0.2) is 0 Å².